The summed E-state index contributed by atoms with van der Waals surface area (Å²) in [7, 11) is 0. The Kier molecular flexibility index (Phi) is 6.14. The van der Waals surface area contributed by atoms with E-state index in [2.05, 4.69) is 0 Å². The van der Waals surface area contributed by atoms with Crippen LogP contribution in [0, 0.1) is 11.6 Å². The number of hydrogen-bond donors (Lipinski definition) is 0. The Labute approximate surface area is 204 Å². The van der Waals surface area contributed by atoms with E-state index in [1.165, 1.54) is 36.4 Å². The Hall–Kier alpha value is -3.90. The van der Waals surface area contributed by atoms with Crippen molar-refractivity contribution in [1.82, 2.24) is 4.98 Å². The van der Waals surface area contributed by atoms with Crippen LogP contribution in [0.2, 0.25) is 5.02 Å². The van der Waals surface area contributed by atoms with Crippen LogP contribution in [0.25, 0.3) is 22.6 Å². The lowest BCUT2D eigenvalue weighted by Crippen LogP contribution is -2.16. The van der Waals surface area contributed by atoms with E-state index < -0.39 is 30.0 Å². The molecule has 0 spiro atoms. The van der Waals surface area contributed by atoms with Gasteiger partial charge in [0.15, 0.2) is 12.4 Å². The number of allylic oxidation sites excluding steroid dienone is 1. The number of benzene rings is 3. The van der Waals surface area contributed by atoms with Crippen LogP contribution in [-0.2, 0) is 11.2 Å². The number of esters is 1. The molecule has 1 aliphatic carbocycles. The highest BCUT2D eigenvalue weighted by Crippen LogP contribution is 2.38. The lowest BCUT2D eigenvalue weighted by molar-refractivity contribution is 0.0475. The normalized spacial score (nSPS) is 13.7. The summed E-state index contributed by atoms with van der Waals surface area (Å²) in [6.07, 6.45) is 2.71. The van der Waals surface area contributed by atoms with Gasteiger partial charge < -0.3 is 4.74 Å². The van der Waals surface area contributed by atoms with E-state index in [0.29, 0.717) is 40.6 Å². The van der Waals surface area contributed by atoms with Crippen molar-refractivity contribution in [3.63, 3.8) is 0 Å². The van der Waals surface area contributed by atoms with Crippen LogP contribution >= 0.6 is 11.6 Å². The van der Waals surface area contributed by atoms with Crippen molar-refractivity contribution in [3.8, 4) is 0 Å². The fraction of sp³-hybridized carbons (Fsp3) is 0.107. The number of fused-ring (bicyclic) bond motifs is 2. The summed E-state index contributed by atoms with van der Waals surface area (Å²) in [5, 5.41) is 0.890. The van der Waals surface area contributed by atoms with Crippen molar-refractivity contribution in [1.29, 1.82) is 0 Å². The maximum atomic E-state index is 14.4. The number of ether oxygens (including phenoxy) is 1. The topological polar surface area (TPSA) is 56.3 Å². The zero-order valence-electron chi connectivity index (χ0n) is 18.4. The molecule has 1 aliphatic rings. The second-order valence-corrected chi connectivity index (χ2v) is 8.55. The van der Waals surface area contributed by atoms with Crippen molar-refractivity contribution in [2.24, 2.45) is 0 Å². The molecular formula is C28H18ClF2NO3. The third kappa shape index (κ3) is 4.45. The Balaban J connectivity index is 1.52. The summed E-state index contributed by atoms with van der Waals surface area (Å²) in [5.74, 6) is -2.00. The van der Waals surface area contributed by atoms with E-state index in [4.69, 9.17) is 21.3 Å². The number of halogens is 3. The van der Waals surface area contributed by atoms with Gasteiger partial charge in [0.1, 0.15) is 11.6 Å². The summed E-state index contributed by atoms with van der Waals surface area (Å²) >= 11 is 6.21. The Morgan fingerprint density at radius 1 is 0.971 bits per heavy atom. The van der Waals surface area contributed by atoms with E-state index in [1.807, 2.05) is 0 Å². The molecule has 3 aromatic carbocycles. The van der Waals surface area contributed by atoms with Crippen LogP contribution in [0.3, 0.4) is 0 Å². The van der Waals surface area contributed by atoms with Gasteiger partial charge in [-0.15, -0.1) is 0 Å². The molecule has 174 valence electrons. The van der Waals surface area contributed by atoms with Crippen LogP contribution in [0.4, 0.5) is 8.78 Å². The Morgan fingerprint density at radius 2 is 1.74 bits per heavy atom. The molecule has 0 aliphatic heterocycles. The maximum absolute atomic E-state index is 14.4. The molecule has 0 saturated carbocycles. The van der Waals surface area contributed by atoms with E-state index in [-0.39, 0.29) is 16.1 Å². The third-order valence-corrected chi connectivity index (χ3v) is 6.29. The molecule has 4 nitrogen and oxygen atoms in total. The maximum Gasteiger partial charge on any atom is 0.339 e. The molecule has 7 heteroatoms. The molecule has 0 bridgehead atoms. The molecule has 5 rings (SSSR count). The minimum atomic E-state index is -0.652. The first-order chi connectivity index (χ1) is 16.9. The molecule has 0 N–H and O–H groups in total. The van der Waals surface area contributed by atoms with Gasteiger partial charge in [-0.2, -0.15) is 0 Å². The largest absolute Gasteiger partial charge is 0.454 e. The number of carbonyl (C=O) groups is 2. The molecule has 0 unspecified atom stereocenters. The second-order valence-electron chi connectivity index (χ2n) is 8.14. The number of para-hydroxylation sites is 1. The molecular weight excluding hydrogens is 472 g/mol. The number of nitrogens with zero attached hydrogens (tertiary/aromatic N) is 1. The fourth-order valence-corrected chi connectivity index (χ4v) is 4.47. The quantitative estimate of drug-likeness (QED) is 0.231. The van der Waals surface area contributed by atoms with E-state index >= 15 is 0 Å². The number of carbonyl (C=O) groups excluding carboxylic acids is 2. The zero-order chi connectivity index (χ0) is 24.5. The minimum Gasteiger partial charge on any atom is -0.454 e. The molecule has 1 heterocycles. The Bertz CT molecular complexity index is 1490. The number of pyridine rings is 1. The monoisotopic (exact) mass is 489 g/mol. The van der Waals surface area contributed by atoms with Crippen LogP contribution < -0.4 is 0 Å². The lowest BCUT2D eigenvalue weighted by Gasteiger charge is -2.12. The molecule has 1 aromatic heterocycles. The minimum absolute atomic E-state index is 0.246. The van der Waals surface area contributed by atoms with Crippen LogP contribution in [0.15, 0.2) is 66.7 Å². The highest BCUT2D eigenvalue weighted by atomic mass is 35.5. The SMILES string of the molecule is O=C(COC(=O)c1c2c(nc3ccccc13)C(=Cc1c(F)cccc1Cl)CC2)c1ccc(F)cc1. The van der Waals surface area contributed by atoms with Gasteiger partial charge in [-0.1, -0.05) is 35.9 Å². The van der Waals surface area contributed by atoms with Gasteiger partial charge in [-0.3, -0.25) is 4.79 Å². The molecule has 0 radical (unpaired) electrons. The van der Waals surface area contributed by atoms with Gasteiger partial charge in [0, 0.05) is 16.5 Å². The first-order valence-electron chi connectivity index (χ1n) is 10.9. The number of aromatic nitrogens is 1. The van der Waals surface area contributed by atoms with E-state index in [9.17, 15) is 18.4 Å². The van der Waals surface area contributed by atoms with Gasteiger partial charge >= 0.3 is 5.97 Å². The van der Waals surface area contributed by atoms with Crippen LogP contribution in [0.1, 0.15) is 44.0 Å². The predicted octanol–water partition coefficient (Wildman–Crippen LogP) is 6.69. The number of hydrogen-bond acceptors (Lipinski definition) is 4. The van der Waals surface area contributed by atoms with Gasteiger partial charge in [-0.25, -0.2) is 18.6 Å². The highest BCUT2D eigenvalue weighted by Gasteiger charge is 2.28. The average Bonchev–Trinajstić information content (AvgIpc) is 3.25. The summed E-state index contributed by atoms with van der Waals surface area (Å²) in [4.78, 5) is 30.4. The molecule has 0 fully saturated rings. The molecule has 0 atom stereocenters. The van der Waals surface area contributed by atoms with Gasteiger partial charge in [-0.05, 0) is 72.5 Å². The molecule has 0 saturated heterocycles. The van der Waals surface area contributed by atoms with E-state index in [0.717, 1.165) is 5.57 Å². The molecule has 0 amide bonds. The van der Waals surface area contributed by atoms with Crippen molar-refractivity contribution in [3.05, 3.63) is 111 Å². The third-order valence-electron chi connectivity index (χ3n) is 5.96. The molecule has 35 heavy (non-hydrogen) atoms. The smallest absolute Gasteiger partial charge is 0.339 e. The van der Waals surface area contributed by atoms with Gasteiger partial charge in [0.05, 0.1) is 21.8 Å². The van der Waals surface area contributed by atoms with Crippen molar-refractivity contribution < 1.29 is 23.1 Å². The standard InChI is InChI=1S/C28H18ClF2NO3/c29-22-5-3-6-23(31)21(22)14-17-10-13-20-26(19-4-1-2-7-24(19)32-27(17)20)28(34)35-15-25(33)16-8-11-18(30)12-9-16/h1-9,11-12,14H,10,13,15H2. The van der Waals surface area contributed by atoms with Crippen molar-refractivity contribution in [2.45, 2.75) is 12.8 Å². The van der Waals surface area contributed by atoms with Gasteiger partial charge in [0.25, 0.3) is 0 Å². The number of rotatable bonds is 5. The second kappa shape index (κ2) is 9.39. The average molecular weight is 490 g/mol. The fourth-order valence-electron chi connectivity index (χ4n) is 4.26. The number of ketones is 1. The first-order valence-corrected chi connectivity index (χ1v) is 11.3. The van der Waals surface area contributed by atoms with Gasteiger partial charge in [0.2, 0.25) is 0 Å². The first kappa shape index (κ1) is 22.9. The Morgan fingerprint density at radius 3 is 2.51 bits per heavy atom. The lowest BCUT2D eigenvalue weighted by atomic mass is 10.0. The summed E-state index contributed by atoms with van der Waals surface area (Å²) in [6, 6.07) is 16.7. The van der Waals surface area contributed by atoms with Crippen molar-refractivity contribution in [2.75, 3.05) is 6.61 Å². The summed E-state index contributed by atoms with van der Waals surface area (Å²) in [5.41, 5.74) is 3.45. The van der Waals surface area contributed by atoms with E-state index in [1.54, 1.807) is 36.4 Å². The van der Waals surface area contributed by atoms with Crippen LogP contribution in [0.5, 0.6) is 0 Å². The summed E-state index contributed by atoms with van der Waals surface area (Å²) < 4.78 is 32.9. The predicted molar refractivity (Wildman–Crippen MR) is 130 cm³/mol. The number of Topliss-reactive ketones (excluding diaryl/α,β-unsaturated/α-hetero) is 1. The highest BCUT2D eigenvalue weighted by molar-refractivity contribution is 6.32. The zero-order valence-corrected chi connectivity index (χ0v) is 19.1. The summed E-state index contributed by atoms with van der Waals surface area (Å²) in [6.45, 7) is -0.483. The van der Waals surface area contributed by atoms with Crippen LogP contribution in [-0.4, -0.2) is 23.3 Å². The molecule has 4 aromatic rings. The van der Waals surface area contributed by atoms with Crippen molar-refractivity contribution >= 4 is 45.9 Å².